The molecular formula is C23H26N2O2. The van der Waals surface area contributed by atoms with Gasteiger partial charge in [0, 0.05) is 19.0 Å². The standard InChI is InChI=1S/C23H26N2O2/c24-15-23-11-9-16(13-23)10-12-25(23)22(26)27-14-21-19-7-3-1-5-17(19)18-6-2-4-8-20(18)21/h1-8,16,21H,9-15,24H2. The molecule has 27 heavy (non-hydrogen) atoms. The zero-order chi connectivity index (χ0) is 18.4. The number of likely N-dealkylation sites (tertiary alicyclic amines) is 1. The molecule has 4 nitrogen and oxygen atoms in total. The van der Waals surface area contributed by atoms with E-state index in [1.54, 1.807) is 0 Å². The number of hydrogen-bond donors (Lipinski definition) is 1. The van der Waals surface area contributed by atoms with Crippen LogP contribution in [0.2, 0.25) is 0 Å². The molecule has 2 bridgehead atoms. The lowest BCUT2D eigenvalue weighted by molar-refractivity contribution is 0.0363. The third-order valence-corrected chi connectivity index (χ3v) is 6.96. The van der Waals surface area contributed by atoms with Crippen molar-refractivity contribution >= 4 is 6.09 Å². The van der Waals surface area contributed by atoms with Crippen LogP contribution in [0.3, 0.4) is 0 Å². The number of nitrogens with two attached hydrogens (primary N) is 1. The van der Waals surface area contributed by atoms with Crippen molar-refractivity contribution in [2.24, 2.45) is 11.7 Å². The quantitative estimate of drug-likeness (QED) is 0.893. The number of piperidine rings is 1. The van der Waals surface area contributed by atoms with Crippen molar-refractivity contribution in [3.63, 3.8) is 0 Å². The normalized spacial score (nSPS) is 26.0. The van der Waals surface area contributed by atoms with Crippen LogP contribution in [0.5, 0.6) is 0 Å². The van der Waals surface area contributed by atoms with E-state index in [1.807, 2.05) is 4.90 Å². The third kappa shape index (κ3) is 2.58. The third-order valence-electron chi connectivity index (χ3n) is 6.96. The summed E-state index contributed by atoms with van der Waals surface area (Å²) < 4.78 is 5.89. The fraction of sp³-hybridized carbons (Fsp3) is 0.435. The van der Waals surface area contributed by atoms with Crippen LogP contribution in [0.15, 0.2) is 48.5 Å². The summed E-state index contributed by atoms with van der Waals surface area (Å²) in [5.41, 5.74) is 10.9. The smallest absolute Gasteiger partial charge is 0.410 e. The molecule has 0 radical (unpaired) electrons. The predicted molar refractivity (Wildman–Crippen MR) is 106 cm³/mol. The first-order valence-electron chi connectivity index (χ1n) is 10.0. The second-order valence-electron chi connectivity index (χ2n) is 8.28. The lowest BCUT2D eigenvalue weighted by atomic mass is 9.88. The van der Waals surface area contributed by atoms with Crippen molar-refractivity contribution in [1.82, 2.24) is 4.90 Å². The SMILES string of the molecule is NCC12CCC(CCN1C(=O)OCC1c3ccccc3-c3ccccc31)C2. The second kappa shape index (κ2) is 6.38. The Hall–Kier alpha value is -2.33. The molecule has 4 heteroatoms. The number of amides is 1. The number of carbonyl (C=O) groups is 1. The summed E-state index contributed by atoms with van der Waals surface area (Å²) in [5, 5.41) is 0. The molecule has 2 atom stereocenters. The van der Waals surface area contributed by atoms with E-state index >= 15 is 0 Å². The number of carbonyl (C=O) groups excluding carboxylic acids is 1. The minimum atomic E-state index is -0.192. The number of hydrogen-bond acceptors (Lipinski definition) is 3. The van der Waals surface area contributed by atoms with Crippen molar-refractivity contribution in [2.75, 3.05) is 19.7 Å². The first kappa shape index (κ1) is 16.8. The van der Waals surface area contributed by atoms with Crippen LogP contribution in [0.1, 0.15) is 42.7 Å². The summed E-state index contributed by atoms with van der Waals surface area (Å²) in [6.45, 7) is 1.69. The van der Waals surface area contributed by atoms with Gasteiger partial charge >= 0.3 is 6.09 Å². The minimum Gasteiger partial charge on any atom is -0.448 e. The topological polar surface area (TPSA) is 55.6 Å². The number of rotatable bonds is 3. The van der Waals surface area contributed by atoms with Crippen molar-refractivity contribution in [1.29, 1.82) is 0 Å². The van der Waals surface area contributed by atoms with Gasteiger partial charge in [0.2, 0.25) is 0 Å². The molecule has 140 valence electrons. The maximum Gasteiger partial charge on any atom is 0.410 e. The highest BCUT2D eigenvalue weighted by atomic mass is 16.6. The van der Waals surface area contributed by atoms with Crippen molar-refractivity contribution in [3.8, 4) is 11.1 Å². The van der Waals surface area contributed by atoms with Gasteiger partial charge in [-0.05, 0) is 53.9 Å². The highest BCUT2D eigenvalue weighted by Gasteiger charge is 2.49. The van der Waals surface area contributed by atoms with Crippen LogP contribution < -0.4 is 5.73 Å². The summed E-state index contributed by atoms with van der Waals surface area (Å²) >= 11 is 0. The minimum absolute atomic E-state index is 0.108. The molecule has 2 aromatic rings. The van der Waals surface area contributed by atoms with E-state index in [4.69, 9.17) is 10.5 Å². The molecule has 2 N–H and O–H groups in total. The summed E-state index contributed by atoms with van der Waals surface area (Å²) in [4.78, 5) is 14.9. The monoisotopic (exact) mass is 362 g/mol. The molecule has 2 aromatic carbocycles. The average Bonchev–Trinajstić information content (AvgIpc) is 3.22. The summed E-state index contributed by atoms with van der Waals surface area (Å²) in [6.07, 6.45) is 4.12. The van der Waals surface area contributed by atoms with Crippen molar-refractivity contribution in [3.05, 3.63) is 59.7 Å². The molecule has 3 aliphatic rings. The lowest BCUT2D eigenvalue weighted by Crippen LogP contribution is -2.57. The molecule has 1 saturated heterocycles. The Morgan fingerprint density at radius 3 is 2.41 bits per heavy atom. The Kier molecular flexibility index (Phi) is 3.97. The van der Waals surface area contributed by atoms with Gasteiger partial charge < -0.3 is 15.4 Å². The van der Waals surface area contributed by atoms with E-state index in [0.717, 1.165) is 31.7 Å². The van der Waals surface area contributed by atoms with Gasteiger partial charge in [0.1, 0.15) is 6.61 Å². The molecule has 2 fully saturated rings. The number of nitrogens with zero attached hydrogens (tertiary/aromatic N) is 1. The van der Waals surface area contributed by atoms with Gasteiger partial charge in [-0.3, -0.25) is 0 Å². The molecule has 1 amide bonds. The zero-order valence-corrected chi connectivity index (χ0v) is 15.6. The molecule has 1 aliphatic heterocycles. The van der Waals surface area contributed by atoms with Gasteiger partial charge in [0.05, 0.1) is 5.54 Å². The number of ether oxygens (including phenoxy) is 1. The average molecular weight is 362 g/mol. The van der Waals surface area contributed by atoms with Gasteiger partial charge in [0.15, 0.2) is 0 Å². The Bertz CT molecular complexity index is 835. The van der Waals surface area contributed by atoms with Gasteiger partial charge in [-0.25, -0.2) is 4.79 Å². The van der Waals surface area contributed by atoms with Crippen LogP contribution in [0, 0.1) is 5.92 Å². The molecule has 0 aromatic heterocycles. The molecule has 1 heterocycles. The van der Waals surface area contributed by atoms with Gasteiger partial charge in [-0.1, -0.05) is 48.5 Å². The van der Waals surface area contributed by atoms with Crippen LogP contribution in [-0.4, -0.2) is 36.2 Å². The van der Waals surface area contributed by atoms with E-state index in [9.17, 15) is 4.79 Å². The first-order valence-corrected chi connectivity index (χ1v) is 10.0. The Morgan fingerprint density at radius 2 is 1.74 bits per heavy atom. The van der Waals surface area contributed by atoms with Crippen LogP contribution in [0.4, 0.5) is 4.79 Å². The molecule has 2 aliphatic carbocycles. The fourth-order valence-corrected chi connectivity index (χ4v) is 5.51. The summed E-state index contributed by atoms with van der Waals surface area (Å²) in [6, 6.07) is 16.9. The van der Waals surface area contributed by atoms with E-state index in [-0.39, 0.29) is 17.6 Å². The first-order chi connectivity index (χ1) is 13.2. The zero-order valence-electron chi connectivity index (χ0n) is 15.6. The number of fused-ring (bicyclic) bond motifs is 5. The Morgan fingerprint density at radius 1 is 1.07 bits per heavy atom. The molecule has 2 unspecified atom stereocenters. The highest BCUT2D eigenvalue weighted by molar-refractivity contribution is 5.79. The highest BCUT2D eigenvalue weighted by Crippen LogP contribution is 2.46. The van der Waals surface area contributed by atoms with Gasteiger partial charge in [-0.2, -0.15) is 0 Å². The summed E-state index contributed by atoms with van der Waals surface area (Å²) in [7, 11) is 0. The molecule has 1 saturated carbocycles. The Labute approximate surface area is 160 Å². The van der Waals surface area contributed by atoms with Gasteiger partial charge in [0.25, 0.3) is 0 Å². The lowest BCUT2D eigenvalue weighted by Gasteiger charge is -2.43. The van der Waals surface area contributed by atoms with Crippen LogP contribution in [-0.2, 0) is 4.74 Å². The van der Waals surface area contributed by atoms with Crippen LogP contribution >= 0.6 is 0 Å². The molecule has 5 rings (SSSR count). The second-order valence-corrected chi connectivity index (χ2v) is 8.28. The van der Waals surface area contributed by atoms with Gasteiger partial charge in [-0.15, -0.1) is 0 Å². The van der Waals surface area contributed by atoms with Crippen molar-refractivity contribution in [2.45, 2.75) is 37.1 Å². The van der Waals surface area contributed by atoms with E-state index < -0.39 is 0 Å². The molecular weight excluding hydrogens is 336 g/mol. The molecule has 0 spiro atoms. The largest absolute Gasteiger partial charge is 0.448 e. The number of benzene rings is 2. The summed E-state index contributed by atoms with van der Waals surface area (Å²) in [5.74, 6) is 0.836. The van der Waals surface area contributed by atoms with E-state index in [1.165, 1.54) is 28.7 Å². The predicted octanol–water partition coefficient (Wildman–Crippen LogP) is 4.14. The van der Waals surface area contributed by atoms with E-state index in [0.29, 0.717) is 13.2 Å². The maximum atomic E-state index is 13.0. The van der Waals surface area contributed by atoms with Crippen LogP contribution in [0.25, 0.3) is 11.1 Å². The fourth-order valence-electron chi connectivity index (χ4n) is 5.51. The Balaban J connectivity index is 1.36. The van der Waals surface area contributed by atoms with Crippen molar-refractivity contribution < 1.29 is 9.53 Å². The maximum absolute atomic E-state index is 13.0. The van der Waals surface area contributed by atoms with E-state index in [2.05, 4.69) is 48.5 Å².